The highest BCUT2D eigenvalue weighted by molar-refractivity contribution is 7.47. The van der Waals surface area contributed by atoms with Gasteiger partial charge in [-0.2, -0.15) is 0 Å². The maximum absolute atomic E-state index is 5.35. The van der Waals surface area contributed by atoms with Gasteiger partial charge < -0.3 is 0 Å². The monoisotopic (exact) mass is 500 g/mol. The van der Waals surface area contributed by atoms with E-state index in [1.807, 2.05) is 6.08 Å². The second-order valence-corrected chi connectivity index (χ2v) is 12.5. The van der Waals surface area contributed by atoms with E-state index >= 15 is 0 Å². The Balaban J connectivity index is 2.00. The first-order chi connectivity index (χ1) is 17.1. The molecule has 3 rings (SSSR count). The Labute approximate surface area is 221 Å². The van der Waals surface area contributed by atoms with Crippen LogP contribution in [-0.4, -0.2) is 16.1 Å². The summed E-state index contributed by atoms with van der Waals surface area (Å²) in [7, 11) is 0.742. The first-order valence-electron chi connectivity index (χ1n) is 13.4. The number of rotatable bonds is 11. The van der Waals surface area contributed by atoms with E-state index in [0.29, 0.717) is 11.8 Å². The predicted molar refractivity (Wildman–Crippen MR) is 161 cm³/mol. The molecule has 192 valence electrons. The molecular formula is C33H45N2P. The predicted octanol–water partition coefficient (Wildman–Crippen LogP) is 8.67. The minimum Gasteiger partial charge on any atom is -0.253 e. The maximum Gasteiger partial charge on any atom is 0.0933 e. The van der Waals surface area contributed by atoms with Gasteiger partial charge in [-0.3, -0.25) is 4.98 Å². The number of aryl methyl sites for hydroxylation is 2. The van der Waals surface area contributed by atoms with Crippen LogP contribution < -0.4 is 5.30 Å². The molecule has 0 amide bonds. The van der Waals surface area contributed by atoms with Crippen molar-refractivity contribution in [1.82, 2.24) is 9.97 Å². The maximum atomic E-state index is 5.35. The standard InChI is InChI=1S/C33H45N2P/c1-9-10-16-29-27(7)34-32(33(8)18-13-14-24(4)21-33)31(35-29)28-15-11-12-17-30(28)36-22-26(6)20-25(5)19-23(2)3/h9,11-15,17,19,24,26,36H,1-2,10,16,18,20-22H2,3-8H3/b25-19-/t24?,26-,33?/m1/s1. The molecule has 0 spiro atoms. The molecule has 3 heteroatoms. The Morgan fingerprint density at radius 2 is 2.00 bits per heavy atom. The number of benzene rings is 1. The van der Waals surface area contributed by atoms with Crippen molar-refractivity contribution in [2.45, 2.75) is 79.1 Å². The Kier molecular flexibility index (Phi) is 10.0. The van der Waals surface area contributed by atoms with E-state index in [4.69, 9.17) is 9.97 Å². The van der Waals surface area contributed by atoms with Crippen LogP contribution in [0.5, 0.6) is 0 Å². The van der Waals surface area contributed by atoms with Crippen LogP contribution >= 0.6 is 8.58 Å². The van der Waals surface area contributed by atoms with Crippen molar-refractivity contribution < 1.29 is 0 Å². The highest BCUT2D eigenvalue weighted by Gasteiger charge is 2.35. The van der Waals surface area contributed by atoms with Crippen LogP contribution in [0.3, 0.4) is 0 Å². The zero-order valence-corrected chi connectivity index (χ0v) is 24.3. The lowest BCUT2D eigenvalue weighted by Crippen LogP contribution is -2.30. The van der Waals surface area contributed by atoms with E-state index in [-0.39, 0.29) is 5.41 Å². The minimum absolute atomic E-state index is 0.00774. The van der Waals surface area contributed by atoms with E-state index in [2.05, 4.69) is 97.2 Å². The molecule has 2 nitrogen and oxygen atoms in total. The lowest BCUT2D eigenvalue weighted by Gasteiger charge is -2.35. The van der Waals surface area contributed by atoms with Crippen LogP contribution in [0, 0.1) is 18.8 Å². The van der Waals surface area contributed by atoms with Crippen LogP contribution in [0.2, 0.25) is 0 Å². The summed E-state index contributed by atoms with van der Waals surface area (Å²) in [4.78, 5) is 10.6. The molecule has 0 aliphatic heterocycles. The normalized spacial score (nSPS) is 21.2. The second kappa shape index (κ2) is 12.8. The number of aromatic nitrogens is 2. The molecule has 4 atom stereocenters. The summed E-state index contributed by atoms with van der Waals surface area (Å²) in [5.41, 5.74) is 8.23. The Hall–Kier alpha value is -2.31. The van der Waals surface area contributed by atoms with Crippen molar-refractivity contribution in [3.05, 3.63) is 90.0 Å². The second-order valence-electron chi connectivity index (χ2n) is 11.2. The fraction of sp³-hybridized carbons (Fsp3) is 0.455. The third-order valence-corrected chi connectivity index (χ3v) is 8.84. The molecule has 1 heterocycles. The van der Waals surface area contributed by atoms with Crippen molar-refractivity contribution in [2.75, 3.05) is 6.16 Å². The summed E-state index contributed by atoms with van der Waals surface area (Å²) < 4.78 is 0. The fourth-order valence-electron chi connectivity index (χ4n) is 5.48. The molecule has 0 saturated carbocycles. The van der Waals surface area contributed by atoms with Gasteiger partial charge in [0, 0.05) is 11.0 Å². The molecule has 0 N–H and O–H groups in total. The number of hydrogen-bond donors (Lipinski definition) is 0. The average Bonchev–Trinajstić information content (AvgIpc) is 2.81. The molecule has 2 aromatic rings. The number of hydrogen-bond acceptors (Lipinski definition) is 2. The van der Waals surface area contributed by atoms with Gasteiger partial charge in [0.05, 0.1) is 22.8 Å². The largest absolute Gasteiger partial charge is 0.253 e. The van der Waals surface area contributed by atoms with Gasteiger partial charge in [-0.05, 0) is 76.2 Å². The third kappa shape index (κ3) is 7.36. The quantitative estimate of drug-likeness (QED) is 0.175. The topological polar surface area (TPSA) is 25.8 Å². The summed E-state index contributed by atoms with van der Waals surface area (Å²) in [5.74, 6) is 1.17. The molecule has 1 aliphatic rings. The van der Waals surface area contributed by atoms with Gasteiger partial charge in [0.2, 0.25) is 0 Å². The average molecular weight is 501 g/mol. The van der Waals surface area contributed by atoms with E-state index in [1.165, 1.54) is 28.3 Å². The first-order valence-corrected chi connectivity index (χ1v) is 14.6. The molecule has 3 unspecified atom stereocenters. The number of allylic oxidation sites excluding steroid dienone is 6. The van der Waals surface area contributed by atoms with Gasteiger partial charge in [-0.1, -0.05) is 95.6 Å². The van der Waals surface area contributed by atoms with Crippen LogP contribution in [0.1, 0.15) is 77.4 Å². The highest BCUT2D eigenvalue weighted by Crippen LogP contribution is 2.42. The molecular weight excluding hydrogens is 455 g/mol. The van der Waals surface area contributed by atoms with Crippen molar-refractivity contribution in [2.24, 2.45) is 11.8 Å². The summed E-state index contributed by atoms with van der Waals surface area (Å²) in [6.07, 6.45) is 15.1. The van der Waals surface area contributed by atoms with Crippen LogP contribution in [-0.2, 0) is 11.8 Å². The zero-order valence-electron chi connectivity index (χ0n) is 23.3. The van der Waals surface area contributed by atoms with Crippen LogP contribution in [0.4, 0.5) is 0 Å². The minimum atomic E-state index is -0.00774. The van der Waals surface area contributed by atoms with Crippen molar-refractivity contribution in [3.8, 4) is 11.3 Å². The Morgan fingerprint density at radius 1 is 1.25 bits per heavy atom. The molecule has 36 heavy (non-hydrogen) atoms. The van der Waals surface area contributed by atoms with Crippen molar-refractivity contribution in [3.63, 3.8) is 0 Å². The summed E-state index contributed by atoms with van der Waals surface area (Å²) in [5, 5.41) is 1.41. The number of nitrogens with zero attached hydrogens (tertiary/aromatic N) is 2. The van der Waals surface area contributed by atoms with Crippen LogP contribution in [0.15, 0.2) is 72.9 Å². The van der Waals surface area contributed by atoms with Gasteiger partial charge in [-0.25, -0.2) is 4.98 Å². The van der Waals surface area contributed by atoms with Gasteiger partial charge in [-0.15, -0.1) is 6.58 Å². The van der Waals surface area contributed by atoms with Crippen LogP contribution in [0.25, 0.3) is 11.3 Å². The van der Waals surface area contributed by atoms with Gasteiger partial charge >= 0.3 is 0 Å². The molecule has 1 aliphatic carbocycles. The molecule has 0 radical (unpaired) electrons. The summed E-state index contributed by atoms with van der Waals surface area (Å²) >= 11 is 0. The molecule has 1 aromatic carbocycles. The lowest BCUT2D eigenvalue weighted by molar-refractivity contribution is 0.363. The van der Waals surface area contributed by atoms with E-state index in [0.717, 1.165) is 63.3 Å². The van der Waals surface area contributed by atoms with E-state index < -0.39 is 0 Å². The summed E-state index contributed by atoms with van der Waals surface area (Å²) in [6, 6.07) is 8.91. The van der Waals surface area contributed by atoms with E-state index in [1.54, 1.807) is 0 Å². The fourth-order valence-corrected chi connectivity index (χ4v) is 6.80. The Morgan fingerprint density at radius 3 is 2.69 bits per heavy atom. The van der Waals surface area contributed by atoms with Crippen molar-refractivity contribution in [1.29, 1.82) is 0 Å². The molecule has 0 fully saturated rings. The summed E-state index contributed by atoms with van der Waals surface area (Å²) in [6.45, 7) is 21.4. The lowest BCUT2D eigenvalue weighted by atomic mass is 9.71. The zero-order chi connectivity index (χ0) is 26.3. The van der Waals surface area contributed by atoms with Gasteiger partial charge in [0.15, 0.2) is 0 Å². The highest BCUT2D eigenvalue weighted by atomic mass is 31.1. The molecule has 0 saturated heterocycles. The van der Waals surface area contributed by atoms with Gasteiger partial charge in [0.25, 0.3) is 0 Å². The first kappa shape index (κ1) is 28.3. The van der Waals surface area contributed by atoms with E-state index in [9.17, 15) is 0 Å². The third-order valence-electron chi connectivity index (χ3n) is 7.12. The SMILES string of the molecule is C=CCCc1nc(-c2ccccc2PC[C@H](C)C/C(C)=C\C(=C)C)c(C2(C)CC=CC(C)C2)nc1C. The Bertz CT molecular complexity index is 1140. The molecule has 0 bridgehead atoms. The smallest absolute Gasteiger partial charge is 0.0933 e. The molecule has 1 aromatic heterocycles. The van der Waals surface area contributed by atoms with Gasteiger partial charge in [0.1, 0.15) is 0 Å². The van der Waals surface area contributed by atoms with Crippen molar-refractivity contribution >= 4 is 13.9 Å².